The fourth-order valence-corrected chi connectivity index (χ4v) is 2.94. The lowest BCUT2D eigenvalue weighted by molar-refractivity contribution is -0.119. The highest BCUT2D eigenvalue weighted by atomic mass is 16.2. The van der Waals surface area contributed by atoms with Gasteiger partial charge in [-0.1, -0.05) is 19.1 Å². The molecular weight excluding hydrogens is 318 g/mol. The van der Waals surface area contributed by atoms with Crippen LogP contribution < -0.4 is 5.32 Å². The van der Waals surface area contributed by atoms with Gasteiger partial charge in [0.15, 0.2) is 0 Å². The number of benzene rings is 1. The van der Waals surface area contributed by atoms with Gasteiger partial charge < -0.3 is 10.2 Å². The Kier molecular flexibility index (Phi) is 5.11. The Hall–Kier alpha value is -2.70. The summed E-state index contributed by atoms with van der Waals surface area (Å²) in [5, 5.41) is 6.84. The van der Waals surface area contributed by atoms with Gasteiger partial charge >= 0.3 is 0 Å². The average Bonchev–Trinajstić information content (AvgIpc) is 3.16. The highest BCUT2D eigenvalue weighted by Gasteiger charge is 2.24. The molecule has 1 saturated heterocycles. The lowest BCUT2D eigenvalue weighted by Gasteiger charge is -2.31. The molecule has 7 heteroatoms. The molecule has 1 fully saturated rings. The first kappa shape index (κ1) is 17.1. The second kappa shape index (κ2) is 7.46. The van der Waals surface area contributed by atoms with Crippen LogP contribution in [0.25, 0.3) is 0 Å². The van der Waals surface area contributed by atoms with E-state index in [0.717, 1.165) is 25.9 Å². The third kappa shape index (κ3) is 3.87. The standard InChI is InChI=1S/C18H23N5O2/c1-13-7-9-22(10-8-13)18(25)15-5-3-4-6-16(15)21-17(24)14(2)23-12-19-11-20-23/h3-6,11-14H,7-10H2,1-2H3,(H,21,24)/t14-/m0/s1. The van der Waals surface area contributed by atoms with Crippen molar-refractivity contribution in [2.45, 2.75) is 32.7 Å². The molecule has 1 aromatic carbocycles. The zero-order valence-electron chi connectivity index (χ0n) is 14.6. The molecule has 0 saturated carbocycles. The van der Waals surface area contributed by atoms with E-state index in [0.29, 0.717) is 17.2 Å². The van der Waals surface area contributed by atoms with Gasteiger partial charge in [-0.2, -0.15) is 5.10 Å². The lowest BCUT2D eigenvalue weighted by Crippen LogP contribution is -2.38. The second-order valence-corrected chi connectivity index (χ2v) is 6.56. The fourth-order valence-electron chi connectivity index (χ4n) is 2.94. The number of likely N-dealkylation sites (tertiary alicyclic amines) is 1. The molecule has 7 nitrogen and oxygen atoms in total. The zero-order valence-corrected chi connectivity index (χ0v) is 14.6. The van der Waals surface area contributed by atoms with Gasteiger partial charge in [-0.3, -0.25) is 9.59 Å². The maximum atomic E-state index is 12.9. The van der Waals surface area contributed by atoms with Gasteiger partial charge in [0.2, 0.25) is 5.91 Å². The molecule has 3 rings (SSSR count). The minimum absolute atomic E-state index is 0.0313. The van der Waals surface area contributed by atoms with Crippen LogP contribution in [0.15, 0.2) is 36.9 Å². The average molecular weight is 341 g/mol. The molecule has 1 aliphatic rings. The van der Waals surface area contributed by atoms with E-state index in [1.807, 2.05) is 17.0 Å². The van der Waals surface area contributed by atoms with E-state index in [4.69, 9.17) is 0 Å². The van der Waals surface area contributed by atoms with Crippen LogP contribution in [0, 0.1) is 5.92 Å². The van der Waals surface area contributed by atoms with Gasteiger partial charge in [0, 0.05) is 13.1 Å². The number of carbonyl (C=O) groups is 2. The molecule has 2 amide bonds. The summed E-state index contributed by atoms with van der Waals surface area (Å²) >= 11 is 0. The molecule has 0 unspecified atom stereocenters. The van der Waals surface area contributed by atoms with Crippen LogP contribution in [0.3, 0.4) is 0 Å². The van der Waals surface area contributed by atoms with Gasteiger partial charge in [0.1, 0.15) is 18.7 Å². The smallest absolute Gasteiger partial charge is 0.255 e. The van der Waals surface area contributed by atoms with E-state index < -0.39 is 6.04 Å². The summed E-state index contributed by atoms with van der Waals surface area (Å²) in [5.41, 5.74) is 1.05. The number of piperidine rings is 1. The Morgan fingerprint density at radius 1 is 1.24 bits per heavy atom. The molecule has 1 aliphatic heterocycles. The number of aromatic nitrogens is 3. The second-order valence-electron chi connectivity index (χ2n) is 6.56. The van der Waals surface area contributed by atoms with Crippen molar-refractivity contribution in [1.82, 2.24) is 19.7 Å². The first-order valence-electron chi connectivity index (χ1n) is 8.59. The number of nitrogens with zero attached hydrogens (tertiary/aromatic N) is 4. The van der Waals surface area contributed by atoms with E-state index in [-0.39, 0.29) is 11.8 Å². The van der Waals surface area contributed by atoms with E-state index in [2.05, 4.69) is 22.3 Å². The molecule has 1 atom stereocenters. The first-order valence-corrected chi connectivity index (χ1v) is 8.59. The van der Waals surface area contributed by atoms with Crippen molar-refractivity contribution in [3.63, 3.8) is 0 Å². The number of hydrogen-bond donors (Lipinski definition) is 1. The Morgan fingerprint density at radius 3 is 2.64 bits per heavy atom. The van der Waals surface area contributed by atoms with Crippen LogP contribution in [0.1, 0.15) is 43.1 Å². The molecule has 0 radical (unpaired) electrons. The van der Waals surface area contributed by atoms with Crippen LogP contribution in [0.2, 0.25) is 0 Å². The molecule has 0 aliphatic carbocycles. The predicted octanol–water partition coefficient (Wildman–Crippen LogP) is 2.35. The summed E-state index contributed by atoms with van der Waals surface area (Å²) in [6, 6.07) is 6.63. The summed E-state index contributed by atoms with van der Waals surface area (Å²) < 4.78 is 1.48. The molecule has 132 valence electrons. The Labute approximate surface area is 147 Å². The van der Waals surface area contributed by atoms with Gasteiger partial charge in [0.25, 0.3) is 5.91 Å². The predicted molar refractivity (Wildman–Crippen MR) is 94.1 cm³/mol. The summed E-state index contributed by atoms with van der Waals surface area (Å²) in [6.45, 7) is 5.47. The van der Waals surface area contributed by atoms with Gasteiger partial charge in [0.05, 0.1) is 11.3 Å². The van der Waals surface area contributed by atoms with Gasteiger partial charge in [-0.15, -0.1) is 0 Å². The number of para-hydroxylation sites is 1. The van der Waals surface area contributed by atoms with Crippen LogP contribution in [-0.2, 0) is 4.79 Å². The highest BCUT2D eigenvalue weighted by molar-refractivity contribution is 6.04. The van der Waals surface area contributed by atoms with Crippen LogP contribution in [0.5, 0.6) is 0 Å². The monoisotopic (exact) mass is 341 g/mol. The number of nitrogens with one attached hydrogen (secondary N) is 1. The molecule has 2 heterocycles. The normalized spacial score (nSPS) is 16.5. The number of amides is 2. The topological polar surface area (TPSA) is 80.1 Å². The Balaban J connectivity index is 1.74. The molecular formula is C18H23N5O2. The summed E-state index contributed by atoms with van der Waals surface area (Å²) in [7, 11) is 0. The summed E-state index contributed by atoms with van der Waals surface area (Å²) in [6.07, 6.45) is 4.92. The first-order chi connectivity index (χ1) is 12.1. The van der Waals surface area contributed by atoms with Crippen LogP contribution in [0.4, 0.5) is 5.69 Å². The zero-order chi connectivity index (χ0) is 17.8. The van der Waals surface area contributed by atoms with Crippen LogP contribution in [-0.4, -0.2) is 44.6 Å². The Morgan fingerprint density at radius 2 is 1.96 bits per heavy atom. The molecule has 1 aromatic heterocycles. The highest BCUT2D eigenvalue weighted by Crippen LogP contribution is 2.22. The van der Waals surface area contributed by atoms with E-state index >= 15 is 0 Å². The fraction of sp³-hybridized carbons (Fsp3) is 0.444. The maximum Gasteiger partial charge on any atom is 0.255 e. The summed E-state index contributed by atoms with van der Waals surface area (Å²) in [5.74, 6) is 0.386. The van der Waals surface area contributed by atoms with Crippen molar-refractivity contribution >= 4 is 17.5 Å². The molecule has 1 N–H and O–H groups in total. The van der Waals surface area contributed by atoms with Gasteiger partial charge in [-0.25, -0.2) is 9.67 Å². The van der Waals surface area contributed by atoms with E-state index in [1.165, 1.54) is 17.3 Å². The van der Waals surface area contributed by atoms with Crippen molar-refractivity contribution < 1.29 is 9.59 Å². The summed E-state index contributed by atoms with van der Waals surface area (Å²) in [4.78, 5) is 31.1. The largest absolute Gasteiger partial charge is 0.339 e. The minimum Gasteiger partial charge on any atom is -0.339 e. The van der Waals surface area contributed by atoms with Crippen molar-refractivity contribution in [1.29, 1.82) is 0 Å². The van der Waals surface area contributed by atoms with Crippen molar-refractivity contribution in [2.24, 2.45) is 5.92 Å². The van der Waals surface area contributed by atoms with Crippen molar-refractivity contribution in [2.75, 3.05) is 18.4 Å². The minimum atomic E-state index is -0.513. The van der Waals surface area contributed by atoms with E-state index in [1.54, 1.807) is 19.1 Å². The number of anilines is 1. The third-order valence-electron chi connectivity index (χ3n) is 4.70. The number of rotatable bonds is 4. The molecule has 0 spiro atoms. The van der Waals surface area contributed by atoms with Crippen molar-refractivity contribution in [3.05, 3.63) is 42.5 Å². The maximum absolute atomic E-state index is 12.9. The van der Waals surface area contributed by atoms with Crippen molar-refractivity contribution in [3.8, 4) is 0 Å². The van der Waals surface area contributed by atoms with E-state index in [9.17, 15) is 9.59 Å². The SMILES string of the molecule is CC1CCN(C(=O)c2ccccc2NC(=O)[C@H](C)n2cncn2)CC1. The molecule has 0 bridgehead atoms. The quantitative estimate of drug-likeness (QED) is 0.926. The molecule has 2 aromatic rings. The molecule has 25 heavy (non-hydrogen) atoms. The van der Waals surface area contributed by atoms with Gasteiger partial charge in [-0.05, 0) is 37.8 Å². The van der Waals surface area contributed by atoms with Crippen LogP contribution >= 0.6 is 0 Å². The lowest BCUT2D eigenvalue weighted by atomic mass is 9.98. The number of carbonyl (C=O) groups excluding carboxylic acids is 2. The third-order valence-corrected chi connectivity index (χ3v) is 4.70. The Bertz CT molecular complexity index is 736. The number of hydrogen-bond acceptors (Lipinski definition) is 4.